The van der Waals surface area contributed by atoms with Crippen LogP contribution in [0.15, 0.2) is 65.7 Å². The Morgan fingerprint density at radius 3 is 2.39 bits per heavy atom. The third-order valence-corrected chi connectivity index (χ3v) is 5.32. The van der Waals surface area contributed by atoms with Crippen molar-refractivity contribution >= 4 is 62.5 Å². The van der Waals surface area contributed by atoms with Gasteiger partial charge in [0, 0.05) is 28.2 Å². The standard InChI is InChI=1S/C19H16BrClN4O2S/c20-13-2-1-3-14(8-13)23-18(26)10-28-11-19(27)24-15-4-5-17(16(21)9-15)25-7-6-22-12-25/h1-9,12H,10-11H2,(H,23,26)(H,24,27). The number of rotatable bonds is 7. The van der Waals surface area contributed by atoms with E-state index in [1.54, 1.807) is 47.6 Å². The van der Waals surface area contributed by atoms with E-state index in [0.29, 0.717) is 16.4 Å². The third kappa shape index (κ3) is 5.85. The number of amides is 2. The molecule has 0 spiro atoms. The van der Waals surface area contributed by atoms with Crippen LogP contribution in [0.1, 0.15) is 0 Å². The van der Waals surface area contributed by atoms with E-state index in [0.717, 1.165) is 10.2 Å². The van der Waals surface area contributed by atoms with Gasteiger partial charge >= 0.3 is 0 Å². The van der Waals surface area contributed by atoms with Crippen LogP contribution < -0.4 is 10.6 Å². The van der Waals surface area contributed by atoms with E-state index in [4.69, 9.17) is 11.6 Å². The zero-order valence-electron chi connectivity index (χ0n) is 14.6. The Bertz CT molecular complexity index is 982. The molecule has 0 fully saturated rings. The minimum absolute atomic E-state index is 0.160. The lowest BCUT2D eigenvalue weighted by Gasteiger charge is -2.09. The molecule has 0 aliphatic carbocycles. The fourth-order valence-electron chi connectivity index (χ4n) is 2.39. The molecule has 2 amide bonds. The molecule has 0 aliphatic rings. The van der Waals surface area contributed by atoms with Crippen molar-refractivity contribution in [2.24, 2.45) is 0 Å². The number of halogens is 2. The smallest absolute Gasteiger partial charge is 0.234 e. The fraction of sp³-hybridized carbons (Fsp3) is 0.105. The van der Waals surface area contributed by atoms with Gasteiger partial charge in [0.2, 0.25) is 11.8 Å². The van der Waals surface area contributed by atoms with Crippen LogP contribution in [0.25, 0.3) is 5.69 Å². The van der Waals surface area contributed by atoms with Crippen LogP contribution >= 0.6 is 39.3 Å². The Kier molecular flexibility index (Phi) is 7.13. The summed E-state index contributed by atoms with van der Waals surface area (Å²) in [5.74, 6) is -0.0251. The molecule has 1 aromatic heterocycles. The highest BCUT2D eigenvalue weighted by Crippen LogP contribution is 2.24. The van der Waals surface area contributed by atoms with Gasteiger partial charge in [-0.05, 0) is 36.4 Å². The molecular weight excluding hydrogens is 464 g/mol. The van der Waals surface area contributed by atoms with Gasteiger partial charge in [-0.1, -0.05) is 33.6 Å². The summed E-state index contributed by atoms with van der Waals surface area (Å²) in [5, 5.41) is 6.06. The number of nitrogens with one attached hydrogen (secondary N) is 2. The van der Waals surface area contributed by atoms with Crippen molar-refractivity contribution in [1.82, 2.24) is 9.55 Å². The van der Waals surface area contributed by atoms with Gasteiger partial charge in [0.25, 0.3) is 0 Å². The van der Waals surface area contributed by atoms with E-state index in [-0.39, 0.29) is 23.3 Å². The zero-order chi connectivity index (χ0) is 19.9. The Morgan fingerprint density at radius 2 is 1.79 bits per heavy atom. The third-order valence-electron chi connectivity index (χ3n) is 3.59. The van der Waals surface area contributed by atoms with E-state index in [1.807, 2.05) is 18.2 Å². The van der Waals surface area contributed by atoms with Crippen LogP contribution in [-0.2, 0) is 9.59 Å². The SMILES string of the molecule is O=C(CSCC(=O)Nc1ccc(-n2ccnc2)c(Cl)c1)Nc1cccc(Br)c1. The second kappa shape index (κ2) is 9.77. The van der Waals surface area contributed by atoms with Crippen molar-refractivity contribution in [3.05, 3.63) is 70.7 Å². The van der Waals surface area contributed by atoms with Crippen molar-refractivity contribution in [3.8, 4) is 5.69 Å². The van der Waals surface area contributed by atoms with Gasteiger partial charge in [-0.2, -0.15) is 0 Å². The first-order chi connectivity index (χ1) is 13.5. The van der Waals surface area contributed by atoms with Gasteiger partial charge < -0.3 is 15.2 Å². The molecular formula is C19H16BrClN4O2S. The fourth-order valence-corrected chi connectivity index (χ4v) is 3.69. The number of nitrogens with zero attached hydrogens (tertiary/aromatic N) is 2. The van der Waals surface area contributed by atoms with Gasteiger partial charge in [0.15, 0.2) is 0 Å². The largest absolute Gasteiger partial charge is 0.325 e. The number of benzene rings is 2. The molecule has 0 radical (unpaired) electrons. The average Bonchev–Trinajstić information content (AvgIpc) is 3.16. The number of hydrogen-bond donors (Lipinski definition) is 2. The van der Waals surface area contributed by atoms with E-state index >= 15 is 0 Å². The molecule has 0 aliphatic heterocycles. The van der Waals surface area contributed by atoms with E-state index in [9.17, 15) is 9.59 Å². The summed E-state index contributed by atoms with van der Waals surface area (Å²) in [6.45, 7) is 0. The van der Waals surface area contributed by atoms with Crippen molar-refractivity contribution in [2.45, 2.75) is 0 Å². The second-order valence-corrected chi connectivity index (χ2v) is 8.04. The van der Waals surface area contributed by atoms with Gasteiger partial charge in [0.05, 0.1) is 28.5 Å². The summed E-state index contributed by atoms with van der Waals surface area (Å²) < 4.78 is 2.67. The topological polar surface area (TPSA) is 76.0 Å². The summed E-state index contributed by atoms with van der Waals surface area (Å²) in [6, 6.07) is 12.6. The van der Waals surface area contributed by atoms with Gasteiger partial charge in [0.1, 0.15) is 0 Å². The molecule has 3 rings (SSSR count). The Hall–Kier alpha value is -2.29. The predicted molar refractivity (Wildman–Crippen MR) is 117 cm³/mol. The van der Waals surface area contributed by atoms with Gasteiger partial charge in [-0.15, -0.1) is 11.8 Å². The Morgan fingerprint density at radius 1 is 1.07 bits per heavy atom. The molecule has 144 valence electrons. The first kappa shape index (κ1) is 20.4. The monoisotopic (exact) mass is 478 g/mol. The quantitative estimate of drug-likeness (QED) is 0.519. The Labute approximate surface area is 179 Å². The minimum Gasteiger partial charge on any atom is -0.325 e. The summed E-state index contributed by atoms with van der Waals surface area (Å²) >= 11 is 10.9. The van der Waals surface area contributed by atoms with Crippen LogP contribution in [0.4, 0.5) is 11.4 Å². The predicted octanol–water partition coefficient (Wildman–Crippen LogP) is 4.60. The van der Waals surface area contributed by atoms with Crippen molar-refractivity contribution in [2.75, 3.05) is 22.1 Å². The Balaban J connectivity index is 1.45. The number of carbonyl (C=O) groups is 2. The number of hydrogen-bond acceptors (Lipinski definition) is 4. The maximum atomic E-state index is 12.1. The van der Waals surface area contributed by atoms with Crippen LogP contribution in [0.2, 0.25) is 5.02 Å². The van der Waals surface area contributed by atoms with E-state index in [2.05, 4.69) is 31.5 Å². The molecule has 3 aromatic rings. The maximum absolute atomic E-state index is 12.1. The number of thioether (sulfide) groups is 1. The minimum atomic E-state index is -0.202. The number of anilines is 2. The van der Waals surface area contributed by atoms with E-state index in [1.165, 1.54) is 11.8 Å². The summed E-state index contributed by atoms with van der Waals surface area (Å²) in [6.07, 6.45) is 5.10. The van der Waals surface area contributed by atoms with Crippen LogP contribution in [0.5, 0.6) is 0 Å². The molecule has 0 saturated carbocycles. The van der Waals surface area contributed by atoms with Gasteiger partial charge in [-0.25, -0.2) is 4.98 Å². The lowest BCUT2D eigenvalue weighted by molar-refractivity contribution is -0.114. The summed E-state index contributed by atoms with van der Waals surface area (Å²) in [7, 11) is 0. The first-order valence-electron chi connectivity index (χ1n) is 8.22. The number of imidazole rings is 1. The molecule has 0 unspecified atom stereocenters. The molecule has 2 aromatic carbocycles. The van der Waals surface area contributed by atoms with E-state index < -0.39 is 0 Å². The van der Waals surface area contributed by atoms with Crippen molar-refractivity contribution < 1.29 is 9.59 Å². The van der Waals surface area contributed by atoms with Crippen LogP contribution in [0.3, 0.4) is 0 Å². The molecule has 28 heavy (non-hydrogen) atoms. The highest BCUT2D eigenvalue weighted by molar-refractivity contribution is 9.10. The van der Waals surface area contributed by atoms with Crippen molar-refractivity contribution in [3.63, 3.8) is 0 Å². The lowest BCUT2D eigenvalue weighted by Crippen LogP contribution is -2.18. The highest BCUT2D eigenvalue weighted by Gasteiger charge is 2.09. The van der Waals surface area contributed by atoms with Crippen LogP contribution in [0, 0.1) is 0 Å². The molecule has 1 heterocycles. The summed E-state index contributed by atoms with van der Waals surface area (Å²) in [4.78, 5) is 28.0. The highest BCUT2D eigenvalue weighted by atomic mass is 79.9. The van der Waals surface area contributed by atoms with Gasteiger partial charge in [-0.3, -0.25) is 9.59 Å². The second-order valence-electron chi connectivity index (χ2n) is 5.74. The maximum Gasteiger partial charge on any atom is 0.234 e. The average molecular weight is 480 g/mol. The molecule has 9 heteroatoms. The molecule has 0 bridgehead atoms. The summed E-state index contributed by atoms with van der Waals surface area (Å²) in [5.41, 5.74) is 2.07. The molecule has 0 atom stereocenters. The number of carbonyl (C=O) groups excluding carboxylic acids is 2. The normalized spacial score (nSPS) is 10.5. The number of aromatic nitrogens is 2. The first-order valence-corrected chi connectivity index (χ1v) is 10.5. The van der Waals surface area contributed by atoms with Crippen LogP contribution in [-0.4, -0.2) is 32.9 Å². The lowest BCUT2D eigenvalue weighted by atomic mass is 10.2. The molecule has 0 saturated heterocycles. The molecule has 6 nitrogen and oxygen atoms in total. The molecule has 2 N–H and O–H groups in total. The van der Waals surface area contributed by atoms with Crippen molar-refractivity contribution in [1.29, 1.82) is 0 Å². The zero-order valence-corrected chi connectivity index (χ0v) is 17.7.